The Morgan fingerprint density at radius 3 is 2.78 bits per heavy atom. The third-order valence-electron chi connectivity index (χ3n) is 3.33. The quantitative estimate of drug-likeness (QED) is 0.752. The summed E-state index contributed by atoms with van der Waals surface area (Å²) in [6.45, 7) is 2.05. The summed E-state index contributed by atoms with van der Waals surface area (Å²) in [6.07, 6.45) is -0.132. The van der Waals surface area contributed by atoms with E-state index in [4.69, 9.17) is 15.2 Å². The molecule has 3 N–H and O–H groups in total. The number of benzene rings is 1. The van der Waals surface area contributed by atoms with Crippen molar-refractivity contribution in [1.82, 2.24) is 20.2 Å². The fourth-order valence-electron chi connectivity index (χ4n) is 2.07. The predicted octanol–water partition coefficient (Wildman–Crippen LogP) is 0.282. The molecule has 1 unspecified atom stereocenters. The molecule has 1 heterocycles. The Hall–Kier alpha value is -2.52. The van der Waals surface area contributed by atoms with Crippen LogP contribution in [0.4, 0.5) is 5.69 Å². The number of hydrogen-bond acceptors (Lipinski definition) is 7. The molecule has 0 spiro atoms. The molecule has 23 heavy (non-hydrogen) atoms. The standard InChI is InChI=1S/C14H20N6O3/c1-9-17-18-19-20(9)12-6-10(4-5-13(12)23-3)16-14(21)7-11(8-15)22-2/h4-6,11H,7-8,15H2,1-3H3,(H,16,21). The van der Waals surface area contributed by atoms with Gasteiger partial charge in [0.2, 0.25) is 5.91 Å². The zero-order valence-electron chi connectivity index (χ0n) is 13.3. The number of carbonyl (C=O) groups is 1. The van der Waals surface area contributed by atoms with Crippen molar-refractivity contribution in [2.24, 2.45) is 5.73 Å². The summed E-state index contributed by atoms with van der Waals surface area (Å²) in [6, 6.07) is 5.22. The SMILES string of the molecule is COc1ccc(NC(=O)CC(CN)OC)cc1-n1nnnc1C. The summed E-state index contributed by atoms with van der Waals surface area (Å²) < 4.78 is 12.0. The van der Waals surface area contributed by atoms with E-state index in [1.54, 1.807) is 32.2 Å². The number of methoxy groups -OCH3 is 2. The highest BCUT2D eigenvalue weighted by Gasteiger charge is 2.14. The molecule has 0 saturated heterocycles. The van der Waals surface area contributed by atoms with E-state index in [2.05, 4.69) is 20.8 Å². The van der Waals surface area contributed by atoms with Crippen LogP contribution >= 0.6 is 0 Å². The highest BCUT2D eigenvalue weighted by Crippen LogP contribution is 2.26. The van der Waals surface area contributed by atoms with Gasteiger partial charge in [-0.3, -0.25) is 4.79 Å². The Labute approximate surface area is 133 Å². The molecular weight excluding hydrogens is 300 g/mol. The number of hydrogen-bond donors (Lipinski definition) is 2. The maximum atomic E-state index is 12.0. The number of amides is 1. The Bertz CT molecular complexity index is 668. The molecule has 0 saturated carbocycles. The third-order valence-corrected chi connectivity index (χ3v) is 3.33. The second-order valence-electron chi connectivity index (χ2n) is 4.87. The van der Waals surface area contributed by atoms with Crippen molar-refractivity contribution >= 4 is 11.6 Å². The van der Waals surface area contributed by atoms with Gasteiger partial charge in [-0.1, -0.05) is 0 Å². The number of tetrazole rings is 1. The lowest BCUT2D eigenvalue weighted by molar-refractivity contribution is -0.118. The van der Waals surface area contributed by atoms with E-state index in [1.807, 2.05) is 0 Å². The predicted molar refractivity (Wildman–Crippen MR) is 83.5 cm³/mol. The van der Waals surface area contributed by atoms with Crippen molar-refractivity contribution in [2.75, 3.05) is 26.1 Å². The zero-order valence-corrected chi connectivity index (χ0v) is 13.3. The van der Waals surface area contributed by atoms with Gasteiger partial charge in [0, 0.05) is 19.3 Å². The molecule has 1 atom stereocenters. The summed E-state index contributed by atoms with van der Waals surface area (Å²) in [4.78, 5) is 12.0. The van der Waals surface area contributed by atoms with Gasteiger partial charge < -0.3 is 20.5 Å². The molecule has 0 fully saturated rings. The monoisotopic (exact) mass is 320 g/mol. The first kappa shape index (κ1) is 16.8. The van der Waals surface area contributed by atoms with Crippen LogP contribution in [-0.2, 0) is 9.53 Å². The molecule has 2 aromatic rings. The van der Waals surface area contributed by atoms with Crippen molar-refractivity contribution in [3.63, 3.8) is 0 Å². The van der Waals surface area contributed by atoms with E-state index in [9.17, 15) is 4.79 Å². The maximum Gasteiger partial charge on any atom is 0.227 e. The topological polar surface area (TPSA) is 117 Å². The number of nitrogens with zero attached hydrogens (tertiary/aromatic N) is 4. The largest absolute Gasteiger partial charge is 0.494 e. The summed E-state index contributed by atoms with van der Waals surface area (Å²) >= 11 is 0. The minimum atomic E-state index is -0.311. The van der Waals surface area contributed by atoms with Crippen molar-refractivity contribution in [1.29, 1.82) is 0 Å². The first-order chi connectivity index (χ1) is 11.1. The number of nitrogens with one attached hydrogen (secondary N) is 1. The van der Waals surface area contributed by atoms with Gasteiger partial charge in [-0.25, -0.2) is 0 Å². The first-order valence-electron chi connectivity index (χ1n) is 7.05. The summed E-state index contributed by atoms with van der Waals surface area (Å²) in [5.74, 6) is 1.01. The summed E-state index contributed by atoms with van der Waals surface area (Å²) in [7, 11) is 3.08. The van der Waals surface area contributed by atoms with Gasteiger partial charge in [-0.05, 0) is 35.5 Å². The molecule has 124 valence electrons. The van der Waals surface area contributed by atoms with Crippen LogP contribution < -0.4 is 15.8 Å². The number of rotatable bonds is 7. The minimum Gasteiger partial charge on any atom is -0.494 e. The smallest absolute Gasteiger partial charge is 0.227 e. The zero-order chi connectivity index (χ0) is 16.8. The van der Waals surface area contributed by atoms with E-state index in [-0.39, 0.29) is 25.0 Å². The van der Waals surface area contributed by atoms with Crippen LogP contribution in [0.5, 0.6) is 5.75 Å². The summed E-state index contributed by atoms with van der Waals surface area (Å²) in [5, 5.41) is 14.2. The average Bonchev–Trinajstić information content (AvgIpc) is 2.98. The van der Waals surface area contributed by atoms with Crippen molar-refractivity contribution in [2.45, 2.75) is 19.4 Å². The highest BCUT2D eigenvalue weighted by atomic mass is 16.5. The maximum absolute atomic E-state index is 12.0. The van der Waals surface area contributed by atoms with Crippen LogP contribution in [0.3, 0.4) is 0 Å². The Morgan fingerprint density at radius 2 is 2.22 bits per heavy atom. The van der Waals surface area contributed by atoms with Crippen LogP contribution in [0.2, 0.25) is 0 Å². The van der Waals surface area contributed by atoms with Crippen LogP contribution in [0, 0.1) is 6.92 Å². The fraction of sp³-hybridized carbons (Fsp3) is 0.429. The number of anilines is 1. The molecule has 0 aliphatic rings. The van der Waals surface area contributed by atoms with E-state index >= 15 is 0 Å². The van der Waals surface area contributed by atoms with E-state index in [0.717, 1.165) is 0 Å². The van der Waals surface area contributed by atoms with Crippen LogP contribution in [-0.4, -0.2) is 53.0 Å². The molecule has 0 bridgehead atoms. The number of nitrogens with two attached hydrogens (primary N) is 1. The second-order valence-corrected chi connectivity index (χ2v) is 4.87. The van der Waals surface area contributed by atoms with Crippen molar-refractivity contribution in [3.8, 4) is 11.4 Å². The van der Waals surface area contributed by atoms with E-state index in [0.29, 0.717) is 22.9 Å². The Morgan fingerprint density at radius 1 is 1.43 bits per heavy atom. The minimum absolute atomic E-state index is 0.179. The van der Waals surface area contributed by atoms with Crippen LogP contribution in [0.1, 0.15) is 12.2 Å². The molecule has 0 aliphatic carbocycles. The lowest BCUT2D eigenvalue weighted by atomic mass is 10.2. The molecule has 1 aromatic carbocycles. The van der Waals surface area contributed by atoms with Crippen molar-refractivity contribution < 1.29 is 14.3 Å². The van der Waals surface area contributed by atoms with E-state index in [1.165, 1.54) is 11.8 Å². The fourth-order valence-corrected chi connectivity index (χ4v) is 2.07. The normalized spacial score (nSPS) is 12.0. The van der Waals surface area contributed by atoms with Gasteiger partial charge in [0.15, 0.2) is 5.82 Å². The second kappa shape index (κ2) is 7.65. The van der Waals surface area contributed by atoms with Gasteiger partial charge in [0.25, 0.3) is 0 Å². The van der Waals surface area contributed by atoms with Gasteiger partial charge in [-0.2, -0.15) is 4.68 Å². The molecule has 0 radical (unpaired) electrons. The average molecular weight is 320 g/mol. The lowest BCUT2D eigenvalue weighted by Gasteiger charge is -2.14. The van der Waals surface area contributed by atoms with Crippen LogP contribution in [0.15, 0.2) is 18.2 Å². The summed E-state index contributed by atoms with van der Waals surface area (Å²) in [5.41, 5.74) is 6.76. The first-order valence-corrected chi connectivity index (χ1v) is 7.05. The number of carbonyl (C=O) groups excluding carboxylic acids is 1. The molecule has 9 nitrogen and oxygen atoms in total. The van der Waals surface area contributed by atoms with Gasteiger partial charge >= 0.3 is 0 Å². The number of aryl methyl sites for hydroxylation is 1. The highest BCUT2D eigenvalue weighted by molar-refractivity contribution is 5.91. The molecule has 9 heteroatoms. The molecular formula is C14H20N6O3. The van der Waals surface area contributed by atoms with E-state index < -0.39 is 0 Å². The van der Waals surface area contributed by atoms with Crippen LogP contribution in [0.25, 0.3) is 5.69 Å². The lowest BCUT2D eigenvalue weighted by Crippen LogP contribution is -2.28. The molecule has 0 aliphatic heterocycles. The van der Waals surface area contributed by atoms with Crippen molar-refractivity contribution in [3.05, 3.63) is 24.0 Å². The number of ether oxygens (including phenoxy) is 2. The van der Waals surface area contributed by atoms with Gasteiger partial charge in [0.1, 0.15) is 11.4 Å². The van der Waals surface area contributed by atoms with Gasteiger partial charge in [-0.15, -0.1) is 5.10 Å². The Balaban J connectivity index is 2.21. The number of aromatic nitrogens is 4. The molecule has 1 amide bonds. The van der Waals surface area contributed by atoms with Gasteiger partial charge in [0.05, 0.1) is 19.6 Å². The third kappa shape index (κ3) is 4.02. The Kier molecular flexibility index (Phi) is 5.61. The molecule has 1 aromatic heterocycles. The molecule has 2 rings (SSSR count).